The molecule has 0 aliphatic heterocycles. The molecule has 0 spiro atoms. The number of rotatable bonds is 11. The van der Waals surface area contributed by atoms with E-state index in [-0.39, 0.29) is 6.61 Å². The lowest BCUT2D eigenvalue weighted by molar-refractivity contribution is -0.159. The van der Waals surface area contributed by atoms with Crippen LogP contribution >= 0.6 is 11.6 Å². The molecule has 0 fully saturated rings. The van der Waals surface area contributed by atoms with E-state index >= 15 is 0 Å². The lowest BCUT2D eigenvalue weighted by Gasteiger charge is -2.18. The molecule has 2 unspecified atom stereocenters. The van der Waals surface area contributed by atoms with Gasteiger partial charge in [0.05, 0.1) is 6.10 Å². The average molecular weight is 468 g/mol. The van der Waals surface area contributed by atoms with E-state index in [9.17, 15) is 10.2 Å². The number of aryl methyl sites for hydroxylation is 1. The molecule has 5 N–H and O–H groups in total. The van der Waals surface area contributed by atoms with Crippen LogP contribution in [0.5, 0.6) is 5.75 Å². The van der Waals surface area contributed by atoms with Crippen molar-refractivity contribution in [2.45, 2.75) is 38.4 Å². The number of para-hydroxylation sites is 1. The second kappa shape index (κ2) is 15.2. The third-order valence-electron chi connectivity index (χ3n) is 4.32. The van der Waals surface area contributed by atoms with Crippen LogP contribution in [0.1, 0.15) is 37.0 Å². The van der Waals surface area contributed by atoms with E-state index < -0.39 is 24.1 Å². The maximum Gasteiger partial charge on any atom is 0.414 e. The molecule has 32 heavy (non-hydrogen) atoms. The molecule has 2 atom stereocenters. The Hall–Kier alpha value is -2.65. The molecule has 2 rings (SSSR count). The van der Waals surface area contributed by atoms with Gasteiger partial charge in [0.1, 0.15) is 18.5 Å². The molecule has 8 nitrogen and oxygen atoms in total. The first-order chi connectivity index (χ1) is 15.2. The van der Waals surface area contributed by atoms with Crippen molar-refractivity contribution in [3.8, 4) is 5.75 Å². The number of carbonyl (C=O) groups is 2. The van der Waals surface area contributed by atoms with Crippen LogP contribution in [0.15, 0.2) is 48.5 Å². The van der Waals surface area contributed by atoms with E-state index in [1.54, 1.807) is 0 Å². The Morgan fingerprint density at radius 3 is 2.25 bits per heavy atom. The van der Waals surface area contributed by atoms with Gasteiger partial charge in [-0.25, -0.2) is 9.59 Å². The summed E-state index contributed by atoms with van der Waals surface area (Å²) >= 11 is 5.90. The van der Waals surface area contributed by atoms with Crippen molar-refractivity contribution in [2.75, 3.05) is 19.7 Å². The van der Waals surface area contributed by atoms with Crippen molar-refractivity contribution >= 4 is 23.5 Å². The number of hydrogen-bond acceptors (Lipinski definition) is 6. The van der Waals surface area contributed by atoms with Crippen LogP contribution in [0.3, 0.4) is 0 Å². The van der Waals surface area contributed by atoms with Crippen molar-refractivity contribution < 1.29 is 34.8 Å². The van der Waals surface area contributed by atoms with Crippen molar-refractivity contribution in [1.82, 2.24) is 5.32 Å². The third-order valence-corrected chi connectivity index (χ3v) is 4.57. The summed E-state index contributed by atoms with van der Waals surface area (Å²) in [6, 6.07) is 15.1. The van der Waals surface area contributed by atoms with Crippen molar-refractivity contribution in [2.24, 2.45) is 0 Å². The second-order valence-corrected chi connectivity index (χ2v) is 7.43. The summed E-state index contributed by atoms with van der Waals surface area (Å²) in [6.45, 7) is 3.64. The normalized spacial score (nSPS) is 12.2. The molecule has 0 bridgehead atoms. The van der Waals surface area contributed by atoms with E-state index in [2.05, 4.69) is 12.2 Å². The number of carboxylic acid groups (broad SMARTS) is 2. The van der Waals surface area contributed by atoms with Crippen LogP contribution in [0.25, 0.3) is 0 Å². The topological polar surface area (TPSA) is 136 Å². The van der Waals surface area contributed by atoms with Gasteiger partial charge in [0.25, 0.3) is 0 Å². The van der Waals surface area contributed by atoms with E-state index in [1.807, 2.05) is 48.5 Å². The molecule has 0 amide bonds. The summed E-state index contributed by atoms with van der Waals surface area (Å²) in [4.78, 5) is 18.2. The Morgan fingerprint density at radius 2 is 1.66 bits per heavy atom. The van der Waals surface area contributed by atoms with Crippen molar-refractivity contribution in [3.63, 3.8) is 0 Å². The fraction of sp³-hybridized carbons (Fsp3) is 0.391. The number of aliphatic carboxylic acids is 2. The number of benzene rings is 2. The van der Waals surface area contributed by atoms with Crippen molar-refractivity contribution in [1.29, 1.82) is 0 Å². The second-order valence-electron chi connectivity index (χ2n) is 7.00. The van der Waals surface area contributed by atoms with E-state index in [1.165, 1.54) is 0 Å². The van der Waals surface area contributed by atoms with E-state index in [0.717, 1.165) is 30.5 Å². The van der Waals surface area contributed by atoms with E-state index in [0.29, 0.717) is 23.7 Å². The zero-order valence-corrected chi connectivity index (χ0v) is 18.7. The molecular weight excluding hydrogens is 438 g/mol. The van der Waals surface area contributed by atoms with Crippen LogP contribution in [-0.2, 0) is 16.0 Å². The van der Waals surface area contributed by atoms with Crippen LogP contribution in [0, 0.1) is 0 Å². The van der Waals surface area contributed by atoms with Gasteiger partial charge in [0.2, 0.25) is 0 Å². The molecule has 2 aromatic carbocycles. The lowest BCUT2D eigenvalue weighted by atomic mass is 10.0. The first-order valence-electron chi connectivity index (χ1n) is 10.2. The predicted octanol–water partition coefficient (Wildman–Crippen LogP) is 2.90. The highest BCUT2D eigenvalue weighted by Crippen LogP contribution is 2.28. The van der Waals surface area contributed by atoms with Gasteiger partial charge in [-0.2, -0.15) is 0 Å². The molecule has 0 saturated heterocycles. The molecule has 0 aromatic heterocycles. The Kier molecular flexibility index (Phi) is 13.0. The zero-order chi connectivity index (χ0) is 23.9. The first kappa shape index (κ1) is 27.4. The molecule has 9 heteroatoms. The largest absolute Gasteiger partial charge is 0.490 e. The predicted molar refractivity (Wildman–Crippen MR) is 121 cm³/mol. The van der Waals surface area contributed by atoms with Gasteiger partial charge >= 0.3 is 11.9 Å². The SMILES string of the molecule is CCCNCC(O)COc1ccccc1C(O)CCc1ccc(Cl)cc1.O=C(O)C(=O)O. The maximum absolute atomic E-state index is 10.6. The fourth-order valence-electron chi connectivity index (χ4n) is 2.69. The monoisotopic (exact) mass is 467 g/mol. The highest BCUT2D eigenvalue weighted by atomic mass is 35.5. The average Bonchev–Trinajstić information content (AvgIpc) is 2.78. The molecule has 0 saturated carbocycles. The highest BCUT2D eigenvalue weighted by molar-refractivity contribution is 6.30. The van der Waals surface area contributed by atoms with Gasteiger partial charge in [-0.05, 0) is 49.6 Å². The van der Waals surface area contributed by atoms with Crippen LogP contribution in [0.4, 0.5) is 0 Å². The molecule has 0 radical (unpaired) electrons. The van der Waals surface area contributed by atoms with E-state index in [4.69, 9.17) is 36.1 Å². The summed E-state index contributed by atoms with van der Waals surface area (Å²) < 4.78 is 5.75. The lowest BCUT2D eigenvalue weighted by Crippen LogP contribution is -2.32. The van der Waals surface area contributed by atoms with Crippen LogP contribution in [0.2, 0.25) is 5.02 Å². The van der Waals surface area contributed by atoms with Gasteiger partial charge in [-0.3, -0.25) is 0 Å². The summed E-state index contributed by atoms with van der Waals surface area (Å²) in [7, 11) is 0. The minimum Gasteiger partial charge on any atom is -0.490 e. The Labute approximate surface area is 192 Å². The van der Waals surface area contributed by atoms with Gasteiger partial charge in [0.15, 0.2) is 0 Å². The van der Waals surface area contributed by atoms with Gasteiger partial charge in [-0.1, -0.05) is 48.9 Å². The number of nitrogens with one attached hydrogen (secondary N) is 1. The molecule has 2 aromatic rings. The van der Waals surface area contributed by atoms with Gasteiger partial charge in [0, 0.05) is 17.1 Å². The Balaban J connectivity index is 0.000000751. The van der Waals surface area contributed by atoms with Crippen molar-refractivity contribution in [3.05, 3.63) is 64.7 Å². The minimum absolute atomic E-state index is 0.192. The Morgan fingerprint density at radius 1 is 1.03 bits per heavy atom. The fourth-order valence-corrected chi connectivity index (χ4v) is 2.81. The standard InChI is InChI=1S/C21H28ClNO3.C2H2O4/c1-2-13-23-14-18(24)15-26-21-6-4-3-5-19(21)20(25)12-9-16-7-10-17(22)11-8-16;3-1(4)2(5)6/h3-8,10-11,18,20,23-25H,2,9,12-15H2,1H3;(H,3,4)(H,5,6). The first-order valence-corrected chi connectivity index (χ1v) is 10.6. The number of aliphatic hydroxyl groups excluding tert-OH is 2. The molecule has 0 aliphatic rings. The van der Waals surface area contributed by atoms with Crippen LogP contribution < -0.4 is 10.1 Å². The summed E-state index contributed by atoms with van der Waals surface area (Å²) in [5.41, 5.74) is 1.87. The number of carboxylic acids is 2. The zero-order valence-electron chi connectivity index (χ0n) is 17.9. The smallest absolute Gasteiger partial charge is 0.414 e. The summed E-state index contributed by atoms with van der Waals surface area (Å²) in [5.74, 6) is -3.03. The number of ether oxygens (including phenoxy) is 1. The quantitative estimate of drug-likeness (QED) is 0.251. The molecule has 0 heterocycles. The number of halogens is 1. The minimum atomic E-state index is -1.82. The van der Waals surface area contributed by atoms with Gasteiger partial charge < -0.3 is 30.5 Å². The number of aliphatic hydroxyl groups is 2. The summed E-state index contributed by atoms with van der Waals surface area (Å²) in [6.07, 6.45) is 1.15. The molecular formula is C23H30ClNO7. The molecule has 176 valence electrons. The van der Waals surface area contributed by atoms with Gasteiger partial charge in [-0.15, -0.1) is 0 Å². The maximum atomic E-state index is 10.6. The summed E-state index contributed by atoms with van der Waals surface area (Å²) in [5, 5.41) is 39.2. The third kappa shape index (κ3) is 11.1. The highest BCUT2D eigenvalue weighted by Gasteiger charge is 2.14. The Bertz CT molecular complexity index is 817. The molecule has 0 aliphatic carbocycles. The number of hydrogen-bond donors (Lipinski definition) is 5. The van der Waals surface area contributed by atoms with Crippen LogP contribution in [-0.4, -0.2) is 58.2 Å².